The van der Waals surface area contributed by atoms with Gasteiger partial charge in [0, 0.05) is 20.9 Å². The van der Waals surface area contributed by atoms with Crippen molar-refractivity contribution in [3.63, 3.8) is 0 Å². The lowest BCUT2D eigenvalue weighted by Gasteiger charge is -2.13. The van der Waals surface area contributed by atoms with Gasteiger partial charge in [-0.05, 0) is 41.8 Å². The molecule has 0 saturated heterocycles. The molecule has 2 rings (SSSR count). The summed E-state index contributed by atoms with van der Waals surface area (Å²) in [5, 5.41) is 11.4. The SMILES string of the molecule is OC(Cc1cc(Cl)ccc1Cl)Cc1ccccc1Br. The van der Waals surface area contributed by atoms with E-state index in [9.17, 15) is 5.11 Å². The fourth-order valence-corrected chi connectivity index (χ4v) is 2.78. The Morgan fingerprint density at radius 3 is 2.42 bits per heavy atom. The summed E-state index contributed by atoms with van der Waals surface area (Å²) in [5.74, 6) is 0. The molecule has 2 aromatic carbocycles. The molecular formula is C15H13BrCl2O. The van der Waals surface area contributed by atoms with E-state index in [0.717, 1.165) is 15.6 Å². The predicted octanol–water partition coefficient (Wildman–Crippen LogP) is 4.90. The lowest BCUT2D eigenvalue weighted by Crippen LogP contribution is -2.14. The van der Waals surface area contributed by atoms with Gasteiger partial charge in [-0.25, -0.2) is 0 Å². The number of halogens is 3. The van der Waals surface area contributed by atoms with Gasteiger partial charge in [-0.3, -0.25) is 0 Å². The minimum absolute atomic E-state index is 0.487. The van der Waals surface area contributed by atoms with Gasteiger partial charge in [0.25, 0.3) is 0 Å². The Labute approximate surface area is 131 Å². The summed E-state index contributed by atoms with van der Waals surface area (Å²) >= 11 is 15.5. The third-order valence-electron chi connectivity index (χ3n) is 2.88. The topological polar surface area (TPSA) is 20.2 Å². The van der Waals surface area contributed by atoms with E-state index < -0.39 is 6.10 Å². The number of aliphatic hydroxyl groups is 1. The van der Waals surface area contributed by atoms with Crippen molar-refractivity contribution in [1.82, 2.24) is 0 Å². The van der Waals surface area contributed by atoms with Crippen LogP contribution >= 0.6 is 39.1 Å². The maximum absolute atomic E-state index is 10.2. The Balaban J connectivity index is 2.07. The smallest absolute Gasteiger partial charge is 0.0621 e. The van der Waals surface area contributed by atoms with Crippen molar-refractivity contribution in [3.05, 3.63) is 68.1 Å². The maximum Gasteiger partial charge on any atom is 0.0621 e. The summed E-state index contributed by atoms with van der Waals surface area (Å²) in [5.41, 5.74) is 1.95. The molecule has 0 spiro atoms. The molecule has 2 aromatic rings. The molecule has 0 aromatic heterocycles. The van der Waals surface area contributed by atoms with Gasteiger partial charge in [-0.1, -0.05) is 57.3 Å². The van der Waals surface area contributed by atoms with E-state index >= 15 is 0 Å². The summed E-state index contributed by atoms with van der Waals surface area (Å²) in [7, 11) is 0. The van der Waals surface area contributed by atoms with E-state index in [0.29, 0.717) is 22.9 Å². The standard InChI is InChI=1S/C15H13BrCl2O/c16-14-4-2-1-3-10(14)8-13(19)9-11-7-12(17)5-6-15(11)18/h1-7,13,19H,8-9H2. The van der Waals surface area contributed by atoms with E-state index in [1.165, 1.54) is 0 Å². The molecule has 0 saturated carbocycles. The third kappa shape index (κ3) is 4.22. The summed E-state index contributed by atoms with van der Waals surface area (Å²) < 4.78 is 1.01. The number of benzene rings is 2. The Bertz CT molecular complexity index is 572. The molecule has 0 amide bonds. The zero-order valence-electron chi connectivity index (χ0n) is 10.1. The molecule has 19 heavy (non-hydrogen) atoms. The highest BCUT2D eigenvalue weighted by atomic mass is 79.9. The second-order valence-corrected chi connectivity index (χ2v) is 6.09. The molecule has 0 heterocycles. The molecule has 0 aliphatic heterocycles. The van der Waals surface area contributed by atoms with Crippen LogP contribution in [0.3, 0.4) is 0 Å². The van der Waals surface area contributed by atoms with Crippen molar-refractivity contribution in [2.75, 3.05) is 0 Å². The summed E-state index contributed by atoms with van der Waals surface area (Å²) in [4.78, 5) is 0. The lowest BCUT2D eigenvalue weighted by atomic mass is 10.0. The van der Waals surface area contributed by atoms with Crippen LogP contribution in [0.2, 0.25) is 10.0 Å². The van der Waals surface area contributed by atoms with Crippen LogP contribution in [0.5, 0.6) is 0 Å². The highest BCUT2D eigenvalue weighted by Gasteiger charge is 2.11. The zero-order chi connectivity index (χ0) is 13.8. The summed E-state index contributed by atoms with van der Waals surface area (Å²) in [6.07, 6.45) is 0.569. The van der Waals surface area contributed by atoms with Gasteiger partial charge in [-0.2, -0.15) is 0 Å². The van der Waals surface area contributed by atoms with Gasteiger partial charge >= 0.3 is 0 Å². The van der Waals surface area contributed by atoms with E-state index in [1.54, 1.807) is 18.2 Å². The van der Waals surface area contributed by atoms with Crippen molar-refractivity contribution < 1.29 is 5.11 Å². The average molecular weight is 360 g/mol. The van der Waals surface area contributed by atoms with Gasteiger partial charge in [-0.15, -0.1) is 0 Å². The maximum atomic E-state index is 10.2. The molecule has 1 nitrogen and oxygen atoms in total. The van der Waals surface area contributed by atoms with Crippen LogP contribution in [-0.2, 0) is 12.8 Å². The fraction of sp³-hybridized carbons (Fsp3) is 0.200. The van der Waals surface area contributed by atoms with Gasteiger partial charge in [0.2, 0.25) is 0 Å². The van der Waals surface area contributed by atoms with Crippen LogP contribution in [0.4, 0.5) is 0 Å². The second-order valence-electron chi connectivity index (χ2n) is 4.39. The molecule has 100 valence electrons. The zero-order valence-corrected chi connectivity index (χ0v) is 13.2. The molecule has 0 radical (unpaired) electrons. The number of rotatable bonds is 4. The van der Waals surface area contributed by atoms with Crippen LogP contribution in [0.25, 0.3) is 0 Å². The molecule has 0 aliphatic carbocycles. The van der Waals surface area contributed by atoms with Crippen molar-refractivity contribution in [2.24, 2.45) is 0 Å². The van der Waals surface area contributed by atoms with E-state index in [1.807, 2.05) is 24.3 Å². The first-order valence-corrected chi connectivity index (χ1v) is 7.46. The van der Waals surface area contributed by atoms with Gasteiger partial charge < -0.3 is 5.11 Å². The van der Waals surface area contributed by atoms with E-state index in [4.69, 9.17) is 23.2 Å². The number of hydrogen-bond donors (Lipinski definition) is 1. The minimum atomic E-state index is -0.491. The lowest BCUT2D eigenvalue weighted by molar-refractivity contribution is 0.175. The van der Waals surface area contributed by atoms with Crippen LogP contribution in [0.1, 0.15) is 11.1 Å². The first-order chi connectivity index (χ1) is 9.06. The second kappa shape index (κ2) is 6.76. The average Bonchev–Trinajstić information content (AvgIpc) is 2.37. The molecule has 4 heteroatoms. The molecule has 0 aliphatic rings. The molecule has 0 fully saturated rings. The van der Waals surface area contributed by atoms with Crippen molar-refractivity contribution in [2.45, 2.75) is 18.9 Å². The van der Waals surface area contributed by atoms with E-state index in [2.05, 4.69) is 15.9 Å². The Kier molecular flexibility index (Phi) is 5.28. The molecule has 1 N–H and O–H groups in total. The van der Waals surface area contributed by atoms with Crippen LogP contribution in [0.15, 0.2) is 46.9 Å². The largest absolute Gasteiger partial charge is 0.392 e. The molecule has 1 unspecified atom stereocenters. The highest BCUT2D eigenvalue weighted by molar-refractivity contribution is 9.10. The Morgan fingerprint density at radius 2 is 1.68 bits per heavy atom. The summed E-state index contributed by atoms with van der Waals surface area (Å²) in [6.45, 7) is 0. The minimum Gasteiger partial charge on any atom is -0.392 e. The van der Waals surface area contributed by atoms with Crippen molar-refractivity contribution >= 4 is 39.1 Å². The normalized spacial score (nSPS) is 12.4. The first-order valence-electron chi connectivity index (χ1n) is 5.91. The first kappa shape index (κ1) is 14.9. The van der Waals surface area contributed by atoms with E-state index in [-0.39, 0.29) is 0 Å². The third-order valence-corrected chi connectivity index (χ3v) is 4.25. The highest BCUT2D eigenvalue weighted by Crippen LogP contribution is 2.24. The van der Waals surface area contributed by atoms with Crippen LogP contribution in [-0.4, -0.2) is 11.2 Å². The number of hydrogen-bond acceptors (Lipinski definition) is 1. The fourth-order valence-electron chi connectivity index (χ4n) is 1.94. The van der Waals surface area contributed by atoms with Crippen LogP contribution in [0, 0.1) is 0 Å². The Hall–Kier alpha value is -0.540. The Morgan fingerprint density at radius 1 is 1.00 bits per heavy atom. The van der Waals surface area contributed by atoms with Crippen molar-refractivity contribution in [3.8, 4) is 0 Å². The van der Waals surface area contributed by atoms with Gasteiger partial charge in [0.15, 0.2) is 0 Å². The quantitative estimate of drug-likeness (QED) is 0.822. The molecular weight excluding hydrogens is 347 g/mol. The monoisotopic (exact) mass is 358 g/mol. The molecule has 0 bridgehead atoms. The summed E-state index contributed by atoms with van der Waals surface area (Å²) in [6, 6.07) is 13.2. The van der Waals surface area contributed by atoms with Gasteiger partial charge in [0.1, 0.15) is 0 Å². The van der Waals surface area contributed by atoms with Gasteiger partial charge in [0.05, 0.1) is 6.10 Å². The van der Waals surface area contributed by atoms with Crippen molar-refractivity contribution in [1.29, 1.82) is 0 Å². The molecule has 1 atom stereocenters. The predicted molar refractivity (Wildman–Crippen MR) is 84.0 cm³/mol. The van der Waals surface area contributed by atoms with Crippen LogP contribution < -0.4 is 0 Å². The number of aliphatic hydroxyl groups excluding tert-OH is 1.